The van der Waals surface area contributed by atoms with Gasteiger partial charge in [0.25, 0.3) is 0 Å². The number of carbonyl (C=O) groups excluding carboxylic acids is 1. The molecule has 0 unspecified atom stereocenters. The van der Waals surface area contributed by atoms with Crippen LogP contribution in [0.25, 0.3) is 10.2 Å². The van der Waals surface area contributed by atoms with E-state index in [2.05, 4.69) is 10.3 Å². The van der Waals surface area contributed by atoms with Crippen molar-refractivity contribution in [3.05, 3.63) is 56.5 Å². The Morgan fingerprint density at radius 2 is 1.87 bits per heavy atom. The third-order valence-corrected chi connectivity index (χ3v) is 5.52. The predicted molar refractivity (Wildman–Crippen MR) is 98.6 cm³/mol. The lowest BCUT2D eigenvalue weighted by molar-refractivity contribution is 0.101. The van der Waals surface area contributed by atoms with E-state index in [9.17, 15) is 4.79 Å². The van der Waals surface area contributed by atoms with E-state index in [0.717, 1.165) is 15.8 Å². The van der Waals surface area contributed by atoms with Gasteiger partial charge in [0.1, 0.15) is 0 Å². The summed E-state index contributed by atoms with van der Waals surface area (Å²) in [5.74, 6) is -0.0856. The molecular weight excluding hydrogens is 375 g/mol. The summed E-state index contributed by atoms with van der Waals surface area (Å²) >= 11 is 19.4. The standard InChI is InChI=1S/C16H11Cl3N2OS/c1-8-10(17)4-5-14-15(8)21-16(23-14)20-7-13(22)9-2-3-11(18)12(19)6-9/h2-6H,7H2,1H3,(H,20,21). The smallest absolute Gasteiger partial charge is 0.184 e. The number of benzene rings is 2. The van der Waals surface area contributed by atoms with E-state index in [0.29, 0.717) is 25.8 Å². The van der Waals surface area contributed by atoms with Gasteiger partial charge in [-0.05, 0) is 42.8 Å². The van der Waals surface area contributed by atoms with Crippen molar-refractivity contribution < 1.29 is 4.79 Å². The monoisotopic (exact) mass is 384 g/mol. The molecule has 0 aliphatic rings. The molecule has 3 aromatic rings. The molecule has 0 saturated heterocycles. The van der Waals surface area contributed by atoms with E-state index in [1.807, 2.05) is 19.1 Å². The number of nitrogens with zero attached hydrogens (tertiary/aromatic N) is 1. The molecule has 3 rings (SSSR count). The summed E-state index contributed by atoms with van der Waals surface area (Å²) in [7, 11) is 0. The normalized spacial score (nSPS) is 11.0. The van der Waals surface area contributed by atoms with Crippen molar-refractivity contribution in [1.29, 1.82) is 0 Å². The van der Waals surface area contributed by atoms with Crippen molar-refractivity contribution in [2.75, 3.05) is 11.9 Å². The van der Waals surface area contributed by atoms with Gasteiger partial charge < -0.3 is 5.32 Å². The van der Waals surface area contributed by atoms with Gasteiger partial charge in [-0.1, -0.05) is 46.1 Å². The Bertz CT molecular complexity index is 908. The van der Waals surface area contributed by atoms with Gasteiger partial charge in [-0.15, -0.1) is 0 Å². The molecule has 1 aromatic heterocycles. The minimum atomic E-state index is -0.0856. The van der Waals surface area contributed by atoms with Gasteiger partial charge in [0.05, 0.1) is 26.8 Å². The van der Waals surface area contributed by atoms with Gasteiger partial charge in [-0.2, -0.15) is 0 Å². The lowest BCUT2D eigenvalue weighted by Crippen LogP contribution is -2.13. The van der Waals surface area contributed by atoms with E-state index in [1.165, 1.54) is 11.3 Å². The number of thiazole rings is 1. The summed E-state index contributed by atoms with van der Waals surface area (Å²) in [6.45, 7) is 2.06. The summed E-state index contributed by atoms with van der Waals surface area (Å²) in [5, 5.41) is 5.20. The fraction of sp³-hybridized carbons (Fsp3) is 0.125. The highest BCUT2D eigenvalue weighted by Gasteiger charge is 2.11. The number of aromatic nitrogens is 1. The zero-order chi connectivity index (χ0) is 16.6. The number of nitrogens with one attached hydrogen (secondary N) is 1. The van der Waals surface area contributed by atoms with Crippen LogP contribution in [0.5, 0.6) is 0 Å². The highest BCUT2D eigenvalue weighted by molar-refractivity contribution is 7.22. The lowest BCUT2D eigenvalue weighted by Gasteiger charge is -2.03. The molecule has 0 amide bonds. The third-order valence-electron chi connectivity index (χ3n) is 3.39. The molecule has 0 spiro atoms. The fourth-order valence-electron chi connectivity index (χ4n) is 2.10. The Kier molecular flexibility index (Phi) is 4.78. The number of halogens is 3. The molecule has 2 aromatic carbocycles. The molecule has 23 heavy (non-hydrogen) atoms. The van der Waals surface area contributed by atoms with Gasteiger partial charge in [-0.3, -0.25) is 4.79 Å². The van der Waals surface area contributed by atoms with Crippen LogP contribution < -0.4 is 5.32 Å². The van der Waals surface area contributed by atoms with Crippen LogP contribution in [0.3, 0.4) is 0 Å². The fourth-order valence-corrected chi connectivity index (χ4v) is 3.48. The average molecular weight is 386 g/mol. The van der Waals surface area contributed by atoms with Crippen LogP contribution >= 0.6 is 46.1 Å². The lowest BCUT2D eigenvalue weighted by atomic mass is 10.1. The van der Waals surface area contributed by atoms with Crippen molar-refractivity contribution in [1.82, 2.24) is 4.98 Å². The van der Waals surface area contributed by atoms with Crippen LogP contribution in [0.4, 0.5) is 5.13 Å². The quantitative estimate of drug-likeness (QED) is 0.572. The number of aryl methyl sites for hydroxylation is 1. The summed E-state index contributed by atoms with van der Waals surface area (Å²) in [4.78, 5) is 16.7. The molecule has 0 radical (unpaired) electrons. The van der Waals surface area contributed by atoms with Gasteiger partial charge in [0, 0.05) is 10.6 Å². The highest BCUT2D eigenvalue weighted by Crippen LogP contribution is 2.31. The van der Waals surface area contributed by atoms with Gasteiger partial charge in [0.15, 0.2) is 10.9 Å². The van der Waals surface area contributed by atoms with Crippen molar-refractivity contribution in [2.45, 2.75) is 6.92 Å². The van der Waals surface area contributed by atoms with Crippen LogP contribution in [-0.2, 0) is 0 Å². The number of anilines is 1. The summed E-state index contributed by atoms with van der Waals surface area (Å²) in [6.07, 6.45) is 0. The van der Waals surface area contributed by atoms with Crippen LogP contribution in [-0.4, -0.2) is 17.3 Å². The van der Waals surface area contributed by atoms with Crippen LogP contribution in [0, 0.1) is 6.92 Å². The number of rotatable bonds is 4. The Balaban J connectivity index is 1.76. The Morgan fingerprint density at radius 3 is 2.61 bits per heavy atom. The van der Waals surface area contributed by atoms with E-state index in [1.54, 1.807) is 18.2 Å². The van der Waals surface area contributed by atoms with Crippen molar-refractivity contribution in [3.8, 4) is 0 Å². The molecule has 0 bridgehead atoms. The van der Waals surface area contributed by atoms with Crippen LogP contribution in [0.2, 0.25) is 15.1 Å². The van der Waals surface area contributed by atoms with Crippen LogP contribution in [0.15, 0.2) is 30.3 Å². The Labute approximate surface area is 152 Å². The van der Waals surface area contributed by atoms with E-state index >= 15 is 0 Å². The van der Waals surface area contributed by atoms with Gasteiger partial charge >= 0.3 is 0 Å². The van der Waals surface area contributed by atoms with Gasteiger partial charge in [0.2, 0.25) is 0 Å². The van der Waals surface area contributed by atoms with E-state index < -0.39 is 0 Å². The van der Waals surface area contributed by atoms with Crippen LogP contribution in [0.1, 0.15) is 15.9 Å². The second-order valence-electron chi connectivity index (χ2n) is 4.94. The molecule has 118 valence electrons. The first-order chi connectivity index (χ1) is 11.0. The molecule has 0 fully saturated rings. The molecular formula is C16H11Cl3N2OS. The highest BCUT2D eigenvalue weighted by atomic mass is 35.5. The van der Waals surface area contributed by atoms with Crippen molar-refractivity contribution in [2.24, 2.45) is 0 Å². The number of hydrogen-bond acceptors (Lipinski definition) is 4. The first-order valence-corrected chi connectivity index (χ1v) is 8.68. The Morgan fingerprint density at radius 1 is 1.13 bits per heavy atom. The minimum absolute atomic E-state index is 0.0856. The summed E-state index contributed by atoms with van der Waals surface area (Å²) in [6, 6.07) is 8.60. The molecule has 3 nitrogen and oxygen atoms in total. The number of hydrogen-bond donors (Lipinski definition) is 1. The minimum Gasteiger partial charge on any atom is -0.354 e. The zero-order valence-electron chi connectivity index (χ0n) is 12.0. The number of ketones is 1. The second kappa shape index (κ2) is 6.65. The average Bonchev–Trinajstić information content (AvgIpc) is 2.95. The molecule has 0 saturated carbocycles. The molecule has 0 atom stereocenters. The molecule has 0 aliphatic carbocycles. The molecule has 1 heterocycles. The number of Topliss-reactive ketones (excluding diaryl/α,β-unsaturated/α-hetero) is 1. The van der Waals surface area contributed by atoms with Crippen molar-refractivity contribution >= 4 is 67.3 Å². The predicted octanol–water partition coefficient (Wildman–Crippen LogP) is 5.86. The van der Waals surface area contributed by atoms with Gasteiger partial charge in [-0.25, -0.2) is 4.98 Å². The molecule has 0 aliphatic heterocycles. The maximum Gasteiger partial charge on any atom is 0.184 e. The zero-order valence-corrected chi connectivity index (χ0v) is 15.1. The van der Waals surface area contributed by atoms with E-state index in [-0.39, 0.29) is 12.3 Å². The first kappa shape index (κ1) is 16.5. The SMILES string of the molecule is Cc1c(Cl)ccc2sc(NCC(=O)c3ccc(Cl)c(Cl)c3)nc12. The summed E-state index contributed by atoms with van der Waals surface area (Å²) < 4.78 is 1.02. The van der Waals surface area contributed by atoms with Crippen molar-refractivity contribution in [3.63, 3.8) is 0 Å². The third kappa shape index (κ3) is 3.45. The Hall–Kier alpha value is -1.33. The second-order valence-corrected chi connectivity index (χ2v) is 7.20. The first-order valence-electron chi connectivity index (χ1n) is 6.73. The number of carbonyl (C=O) groups is 1. The maximum atomic E-state index is 12.2. The molecule has 1 N–H and O–H groups in total. The topological polar surface area (TPSA) is 42.0 Å². The summed E-state index contributed by atoms with van der Waals surface area (Å²) in [5.41, 5.74) is 2.29. The largest absolute Gasteiger partial charge is 0.354 e. The maximum absolute atomic E-state index is 12.2. The van der Waals surface area contributed by atoms with E-state index in [4.69, 9.17) is 34.8 Å². The number of fused-ring (bicyclic) bond motifs is 1. The molecule has 7 heteroatoms.